The van der Waals surface area contributed by atoms with Crippen LogP contribution in [0.25, 0.3) is 0 Å². The zero-order valence-corrected chi connectivity index (χ0v) is 8.75. The Bertz CT molecular complexity index is 295. The number of benzene rings is 1. The molecule has 1 rings (SSSR count). The summed E-state index contributed by atoms with van der Waals surface area (Å²) in [5, 5.41) is -1.09. The van der Waals surface area contributed by atoms with Crippen molar-refractivity contribution >= 4 is 22.8 Å². The molecule has 0 N–H and O–H groups in total. The SMILES string of the molecule is COC(=O)C(=O)Cl.Cc1ccccc1. The molecule has 4 heteroatoms. The van der Waals surface area contributed by atoms with E-state index in [1.807, 2.05) is 18.2 Å². The Hall–Kier alpha value is -1.35. The van der Waals surface area contributed by atoms with Crippen LogP contribution in [-0.2, 0) is 14.3 Å². The molecule has 0 aromatic heterocycles. The Balaban J connectivity index is 0.000000241. The monoisotopic (exact) mass is 214 g/mol. The predicted molar refractivity (Wildman–Crippen MR) is 54.1 cm³/mol. The minimum Gasteiger partial charge on any atom is -0.462 e. The first-order valence-electron chi connectivity index (χ1n) is 3.87. The Kier molecular flexibility index (Phi) is 6.41. The highest BCUT2D eigenvalue weighted by Gasteiger charge is 2.07. The average Bonchev–Trinajstić information content (AvgIpc) is 2.18. The molecule has 0 aliphatic carbocycles. The Morgan fingerprint density at radius 1 is 1.21 bits per heavy atom. The maximum absolute atomic E-state index is 9.81. The van der Waals surface area contributed by atoms with Crippen LogP contribution in [0.2, 0.25) is 0 Å². The fourth-order valence-corrected chi connectivity index (χ4v) is 0.692. The lowest BCUT2D eigenvalue weighted by molar-refractivity contribution is -0.148. The molecule has 0 unspecified atom stereocenters. The second kappa shape index (κ2) is 7.09. The summed E-state index contributed by atoms with van der Waals surface area (Å²) in [6, 6.07) is 10.3. The van der Waals surface area contributed by atoms with Crippen LogP contribution >= 0.6 is 11.6 Å². The first-order valence-corrected chi connectivity index (χ1v) is 4.25. The maximum atomic E-state index is 9.81. The van der Waals surface area contributed by atoms with E-state index < -0.39 is 11.2 Å². The highest BCUT2D eigenvalue weighted by atomic mass is 35.5. The molecule has 0 bridgehead atoms. The van der Waals surface area contributed by atoms with Crippen molar-refractivity contribution < 1.29 is 14.3 Å². The molecular formula is C10H11ClO3. The van der Waals surface area contributed by atoms with Crippen LogP contribution in [0.4, 0.5) is 0 Å². The quantitative estimate of drug-likeness (QED) is 0.408. The number of esters is 1. The van der Waals surface area contributed by atoms with Gasteiger partial charge in [-0.3, -0.25) is 4.79 Å². The summed E-state index contributed by atoms with van der Waals surface area (Å²) in [6.07, 6.45) is 0. The van der Waals surface area contributed by atoms with Gasteiger partial charge in [-0.25, -0.2) is 4.79 Å². The van der Waals surface area contributed by atoms with Crippen LogP contribution in [0.3, 0.4) is 0 Å². The van der Waals surface area contributed by atoms with E-state index in [9.17, 15) is 9.59 Å². The first kappa shape index (κ1) is 12.7. The molecule has 0 fully saturated rings. The molecule has 0 aliphatic rings. The van der Waals surface area contributed by atoms with Gasteiger partial charge in [0.05, 0.1) is 7.11 Å². The molecule has 14 heavy (non-hydrogen) atoms. The number of rotatable bonds is 1. The number of carbonyl (C=O) groups excluding carboxylic acids is 2. The fourth-order valence-electron chi connectivity index (χ4n) is 0.615. The predicted octanol–water partition coefficient (Wildman–Crippen LogP) is 1.92. The van der Waals surface area contributed by atoms with Crippen LogP contribution in [-0.4, -0.2) is 18.3 Å². The van der Waals surface area contributed by atoms with Crippen LogP contribution in [0, 0.1) is 6.92 Å². The lowest BCUT2D eigenvalue weighted by Crippen LogP contribution is -2.07. The van der Waals surface area contributed by atoms with E-state index in [1.54, 1.807) is 0 Å². The number of carbonyl (C=O) groups is 2. The molecule has 0 amide bonds. The summed E-state index contributed by atoms with van der Waals surface area (Å²) < 4.78 is 3.89. The molecule has 0 saturated carbocycles. The normalized spacial score (nSPS) is 8.21. The number of aryl methyl sites for hydroxylation is 1. The number of hydrogen-bond acceptors (Lipinski definition) is 3. The zero-order valence-electron chi connectivity index (χ0n) is 7.99. The summed E-state index contributed by atoms with van der Waals surface area (Å²) >= 11 is 4.61. The number of ether oxygens (including phenoxy) is 1. The van der Waals surface area contributed by atoms with Crippen LogP contribution in [0.5, 0.6) is 0 Å². The van der Waals surface area contributed by atoms with Crippen molar-refractivity contribution in [2.45, 2.75) is 6.92 Å². The standard InChI is InChI=1S/C7H8.C3H3ClO3/c1-7-5-3-2-4-6-7;1-7-3(6)2(4)5/h2-6H,1H3;1H3. The average molecular weight is 215 g/mol. The second-order valence-corrected chi connectivity index (χ2v) is 2.76. The molecule has 0 spiro atoms. The van der Waals surface area contributed by atoms with Crippen molar-refractivity contribution in [2.75, 3.05) is 7.11 Å². The van der Waals surface area contributed by atoms with E-state index in [2.05, 4.69) is 35.4 Å². The fraction of sp³-hybridized carbons (Fsp3) is 0.200. The Morgan fingerprint density at radius 3 is 1.86 bits per heavy atom. The molecule has 0 atom stereocenters. The van der Waals surface area contributed by atoms with E-state index in [1.165, 1.54) is 5.56 Å². The van der Waals surface area contributed by atoms with Gasteiger partial charge in [0.1, 0.15) is 0 Å². The summed E-state index contributed by atoms with van der Waals surface area (Å²) in [5.41, 5.74) is 1.32. The van der Waals surface area contributed by atoms with Gasteiger partial charge in [0.15, 0.2) is 0 Å². The maximum Gasteiger partial charge on any atom is 0.391 e. The van der Waals surface area contributed by atoms with Gasteiger partial charge in [-0.1, -0.05) is 35.9 Å². The zero-order chi connectivity index (χ0) is 11.0. The van der Waals surface area contributed by atoms with Gasteiger partial charge in [-0.05, 0) is 18.5 Å². The van der Waals surface area contributed by atoms with Crippen LogP contribution in [0.1, 0.15) is 5.56 Å². The van der Waals surface area contributed by atoms with E-state index in [0.29, 0.717) is 0 Å². The highest BCUT2D eigenvalue weighted by molar-refractivity contribution is 6.80. The molecule has 0 radical (unpaired) electrons. The third-order valence-electron chi connectivity index (χ3n) is 1.29. The van der Waals surface area contributed by atoms with E-state index in [0.717, 1.165) is 7.11 Å². The molecular weight excluding hydrogens is 204 g/mol. The van der Waals surface area contributed by atoms with Gasteiger partial charge in [-0.15, -0.1) is 0 Å². The molecule has 76 valence electrons. The smallest absolute Gasteiger partial charge is 0.391 e. The van der Waals surface area contributed by atoms with Crippen molar-refractivity contribution in [3.8, 4) is 0 Å². The first-order chi connectivity index (χ1) is 6.57. The third kappa shape index (κ3) is 6.20. The molecule has 0 aliphatic heterocycles. The Labute approximate surface area is 87.6 Å². The number of halogens is 1. The van der Waals surface area contributed by atoms with Crippen molar-refractivity contribution in [2.24, 2.45) is 0 Å². The minimum absolute atomic E-state index is 1.03. The van der Waals surface area contributed by atoms with E-state index >= 15 is 0 Å². The molecule has 1 aromatic rings. The van der Waals surface area contributed by atoms with Gasteiger partial charge in [0.2, 0.25) is 0 Å². The number of methoxy groups -OCH3 is 1. The summed E-state index contributed by atoms with van der Waals surface area (Å²) in [4.78, 5) is 19.5. The molecule has 0 saturated heterocycles. The summed E-state index contributed by atoms with van der Waals surface area (Å²) in [7, 11) is 1.09. The minimum atomic E-state index is -1.09. The van der Waals surface area contributed by atoms with Crippen molar-refractivity contribution in [1.29, 1.82) is 0 Å². The van der Waals surface area contributed by atoms with Crippen molar-refractivity contribution in [3.05, 3.63) is 35.9 Å². The Morgan fingerprint density at radius 2 is 1.71 bits per heavy atom. The van der Waals surface area contributed by atoms with Gasteiger partial charge in [0.25, 0.3) is 0 Å². The summed E-state index contributed by atoms with van der Waals surface area (Å²) in [5.74, 6) is -1.03. The van der Waals surface area contributed by atoms with Crippen LogP contribution < -0.4 is 0 Å². The molecule has 1 aromatic carbocycles. The van der Waals surface area contributed by atoms with Gasteiger partial charge in [-0.2, -0.15) is 0 Å². The van der Waals surface area contributed by atoms with Crippen molar-refractivity contribution in [1.82, 2.24) is 0 Å². The summed E-state index contributed by atoms with van der Waals surface area (Å²) in [6.45, 7) is 2.08. The van der Waals surface area contributed by atoms with Crippen molar-refractivity contribution in [3.63, 3.8) is 0 Å². The van der Waals surface area contributed by atoms with E-state index in [-0.39, 0.29) is 0 Å². The highest BCUT2D eigenvalue weighted by Crippen LogP contribution is 1.92. The molecule has 0 heterocycles. The third-order valence-corrected chi connectivity index (χ3v) is 1.44. The van der Waals surface area contributed by atoms with Crippen LogP contribution in [0.15, 0.2) is 30.3 Å². The van der Waals surface area contributed by atoms with Gasteiger partial charge >= 0.3 is 11.2 Å². The van der Waals surface area contributed by atoms with Gasteiger partial charge in [0, 0.05) is 0 Å². The van der Waals surface area contributed by atoms with E-state index in [4.69, 9.17) is 0 Å². The number of hydrogen-bond donors (Lipinski definition) is 0. The molecule has 3 nitrogen and oxygen atoms in total. The van der Waals surface area contributed by atoms with Gasteiger partial charge < -0.3 is 4.74 Å². The topological polar surface area (TPSA) is 43.4 Å². The largest absolute Gasteiger partial charge is 0.462 e. The second-order valence-electron chi connectivity index (χ2n) is 2.42. The lowest BCUT2D eigenvalue weighted by Gasteiger charge is -1.84. The lowest BCUT2D eigenvalue weighted by atomic mass is 10.2.